The molecule has 0 fully saturated rings. The van der Waals surface area contributed by atoms with Crippen molar-refractivity contribution >= 4 is 18.2 Å². The third-order valence-electron chi connectivity index (χ3n) is 3.71. The molecule has 1 amide bonds. The topological polar surface area (TPSA) is 109 Å². The number of carbonyl (C=O) groups excluding carboxylic acids is 3. The second-order valence-electron chi connectivity index (χ2n) is 7.22. The van der Waals surface area contributed by atoms with Gasteiger partial charge >= 0.3 is 18.2 Å². The van der Waals surface area contributed by atoms with Crippen LogP contribution >= 0.6 is 0 Å². The molecule has 0 saturated heterocycles. The first-order valence-corrected chi connectivity index (χ1v) is 8.99. The largest absolute Gasteiger partial charge is 0.467 e. The predicted molar refractivity (Wildman–Crippen MR) is 103 cm³/mol. The number of hydrogen-bond donors (Lipinski definition) is 1. The van der Waals surface area contributed by atoms with E-state index in [4.69, 9.17) is 14.2 Å². The van der Waals surface area contributed by atoms with Gasteiger partial charge in [-0.15, -0.1) is 0 Å². The van der Waals surface area contributed by atoms with Gasteiger partial charge in [-0.25, -0.2) is 23.9 Å². The molecule has 0 radical (unpaired) electrons. The molecule has 1 aromatic carbocycles. The average Bonchev–Trinajstić information content (AvgIpc) is 3.13. The summed E-state index contributed by atoms with van der Waals surface area (Å²) in [5.74, 6) is -0.682. The fourth-order valence-corrected chi connectivity index (χ4v) is 2.40. The number of nitrogens with zero attached hydrogens (tertiary/aromatic N) is 2. The summed E-state index contributed by atoms with van der Waals surface area (Å²) in [6.45, 7) is 5.27. The van der Waals surface area contributed by atoms with Crippen molar-refractivity contribution in [2.45, 2.75) is 45.4 Å². The van der Waals surface area contributed by atoms with Crippen LogP contribution in [-0.2, 0) is 32.0 Å². The lowest BCUT2D eigenvalue weighted by Crippen LogP contribution is -2.43. The Hall–Kier alpha value is -3.36. The van der Waals surface area contributed by atoms with Crippen molar-refractivity contribution in [1.29, 1.82) is 0 Å². The maximum atomic E-state index is 12.3. The van der Waals surface area contributed by atoms with Gasteiger partial charge in [0.25, 0.3) is 0 Å². The van der Waals surface area contributed by atoms with Crippen LogP contribution in [0.2, 0.25) is 0 Å². The molecule has 0 spiro atoms. The van der Waals surface area contributed by atoms with E-state index in [2.05, 4.69) is 10.3 Å². The Morgan fingerprint density at radius 2 is 1.86 bits per heavy atom. The molecule has 9 heteroatoms. The standard InChI is InChI=1S/C20H25N3O6/c1-20(2,3)29-19(26)23-13-21-11-15(23)10-16(17(24)27-4)22-18(25)28-12-14-8-6-5-7-9-14/h5-9,11,13,16H,10,12H2,1-4H3,(H,22,25). The third-order valence-corrected chi connectivity index (χ3v) is 3.71. The minimum atomic E-state index is -1.07. The number of imidazole rings is 1. The van der Waals surface area contributed by atoms with Crippen LogP contribution in [0.25, 0.3) is 0 Å². The normalized spacial score (nSPS) is 12.0. The average molecular weight is 403 g/mol. The second kappa shape index (κ2) is 9.72. The number of alkyl carbamates (subject to hydrolysis) is 1. The summed E-state index contributed by atoms with van der Waals surface area (Å²) in [5.41, 5.74) is 0.484. The Kier molecular flexibility index (Phi) is 7.35. The molecular weight excluding hydrogens is 378 g/mol. The molecule has 29 heavy (non-hydrogen) atoms. The lowest BCUT2D eigenvalue weighted by Gasteiger charge is -2.21. The van der Waals surface area contributed by atoms with Crippen molar-refractivity contribution in [3.05, 3.63) is 54.1 Å². The summed E-state index contributed by atoms with van der Waals surface area (Å²) in [6, 6.07) is 8.05. The van der Waals surface area contributed by atoms with Gasteiger partial charge in [0, 0.05) is 12.6 Å². The van der Waals surface area contributed by atoms with Crippen LogP contribution in [-0.4, -0.2) is 46.5 Å². The lowest BCUT2D eigenvalue weighted by molar-refractivity contribution is -0.143. The molecule has 0 saturated carbocycles. The SMILES string of the molecule is COC(=O)C(Cc1cncn1C(=O)OC(C)(C)C)NC(=O)OCc1ccccc1. The quantitative estimate of drug-likeness (QED) is 0.583. The number of nitrogens with one attached hydrogen (secondary N) is 1. The number of methoxy groups -OCH3 is 1. The number of ether oxygens (including phenoxy) is 3. The molecule has 1 unspecified atom stereocenters. The minimum absolute atomic E-state index is 0.0354. The van der Waals surface area contributed by atoms with E-state index in [9.17, 15) is 14.4 Å². The fraction of sp³-hybridized carbons (Fsp3) is 0.400. The number of esters is 1. The molecule has 1 heterocycles. The Balaban J connectivity index is 2.04. The highest BCUT2D eigenvalue weighted by atomic mass is 16.6. The van der Waals surface area contributed by atoms with Crippen LogP contribution < -0.4 is 5.32 Å². The zero-order chi connectivity index (χ0) is 21.4. The molecule has 0 aliphatic heterocycles. The van der Waals surface area contributed by atoms with Gasteiger partial charge in [0.05, 0.1) is 12.8 Å². The molecule has 0 aliphatic carbocycles. The van der Waals surface area contributed by atoms with Crippen LogP contribution in [0, 0.1) is 0 Å². The van der Waals surface area contributed by atoms with Gasteiger partial charge in [-0.1, -0.05) is 30.3 Å². The summed E-state index contributed by atoms with van der Waals surface area (Å²) >= 11 is 0. The van der Waals surface area contributed by atoms with Crippen molar-refractivity contribution in [3.8, 4) is 0 Å². The van der Waals surface area contributed by atoms with Crippen molar-refractivity contribution in [2.75, 3.05) is 7.11 Å². The molecular formula is C20H25N3O6. The van der Waals surface area contributed by atoms with Gasteiger partial charge in [-0.2, -0.15) is 0 Å². The molecule has 2 aromatic rings. The Labute approximate surface area is 169 Å². The van der Waals surface area contributed by atoms with Crippen molar-refractivity contribution in [1.82, 2.24) is 14.9 Å². The van der Waals surface area contributed by atoms with E-state index in [0.29, 0.717) is 5.69 Å². The number of benzene rings is 1. The van der Waals surface area contributed by atoms with Gasteiger partial charge < -0.3 is 19.5 Å². The maximum absolute atomic E-state index is 12.3. The van der Waals surface area contributed by atoms with Gasteiger partial charge in [0.15, 0.2) is 0 Å². The Morgan fingerprint density at radius 1 is 1.17 bits per heavy atom. The van der Waals surface area contributed by atoms with Crippen LogP contribution in [0.5, 0.6) is 0 Å². The van der Waals surface area contributed by atoms with E-state index in [1.807, 2.05) is 30.3 Å². The molecule has 1 aromatic heterocycles. The number of carbonyl (C=O) groups is 3. The molecule has 156 valence electrons. The van der Waals surface area contributed by atoms with Crippen LogP contribution in [0.4, 0.5) is 9.59 Å². The summed E-state index contributed by atoms with van der Waals surface area (Å²) < 4.78 is 16.4. The van der Waals surface area contributed by atoms with Crippen molar-refractivity contribution < 1.29 is 28.6 Å². The van der Waals surface area contributed by atoms with E-state index >= 15 is 0 Å². The Bertz CT molecular complexity index is 841. The molecule has 0 aliphatic rings. The molecule has 1 atom stereocenters. The third kappa shape index (κ3) is 6.95. The fourth-order valence-electron chi connectivity index (χ4n) is 2.40. The Morgan fingerprint density at radius 3 is 2.48 bits per heavy atom. The summed E-state index contributed by atoms with van der Waals surface area (Å²) in [5, 5.41) is 2.46. The molecule has 1 N–H and O–H groups in total. The zero-order valence-corrected chi connectivity index (χ0v) is 16.9. The lowest BCUT2D eigenvalue weighted by atomic mass is 10.1. The first kappa shape index (κ1) is 21.9. The van der Waals surface area contributed by atoms with E-state index in [1.54, 1.807) is 20.8 Å². The summed E-state index contributed by atoms with van der Waals surface area (Å²) in [7, 11) is 1.21. The highest BCUT2D eigenvalue weighted by Crippen LogP contribution is 2.12. The van der Waals surface area contributed by atoms with E-state index in [1.165, 1.54) is 24.2 Å². The van der Waals surface area contributed by atoms with E-state index < -0.39 is 29.8 Å². The zero-order valence-electron chi connectivity index (χ0n) is 16.9. The highest BCUT2D eigenvalue weighted by molar-refractivity contribution is 5.81. The van der Waals surface area contributed by atoms with Crippen LogP contribution in [0.1, 0.15) is 32.0 Å². The number of amides is 1. The van der Waals surface area contributed by atoms with E-state index in [-0.39, 0.29) is 13.0 Å². The maximum Gasteiger partial charge on any atom is 0.420 e. The van der Waals surface area contributed by atoms with Crippen molar-refractivity contribution in [3.63, 3.8) is 0 Å². The smallest absolute Gasteiger partial charge is 0.420 e. The monoisotopic (exact) mass is 403 g/mol. The van der Waals surface area contributed by atoms with Crippen LogP contribution in [0.15, 0.2) is 42.9 Å². The van der Waals surface area contributed by atoms with Crippen molar-refractivity contribution in [2.24, 2.45) is 0 Å². The molecule has 0 bridgehead atoms. The van der Waals surface area contributed by atoms with Crippen LogP contribution in [0.3, 0.4) is 0 Å². The number of rotatable bonds is 6. The first-order chi connectivity index (χ1) is 13.7. The number of hydrogen-bond acceptors (Lipinski definition) is 7. The minimum Gasteiger partial charge on any atom is -0.467 e. The summed E-state index contributed by atoms with van der Waals surface area (Å²) in [6.07, 6.45) is 1.24. The van der Waals surface area contributed by atoms with E-state index in [0.717, 1.165) is 5.56 Å². The van der Waals surface area contributed by atoms with Gasteiger partial charge in [-0.3, -0.25) is 0 Å². The van der Waals surface area contributed by atoms with Gasteiger partial charge in [0.1, 0.15) is 24.6 Å². The van der Waals surface area contributed by atoms with Gasteiger partial charge in [0.2, 0.25) is 0 Å². The number of aromatic nitrogens is 2. The molecule has 9 nitrogen and oxygen atoms in total. The predicted octanol–water partition coefficient (Wildman–Crippen LogP) is 2.68. The van der Waals surface area contributed by atoms with Gasteiger partial charge in [-0.05, 0) is 26.3 Å². The summed E-state index contributed by atoms with van der Waals surface area (Å²) in [4.78, 5) is 40.5. The molecule has 2 rings (SSSR count). The highest BCUT2D eigenvalue weighted by Gasteiger charge is 2.26. The first-order valence-electron chi connectivity index (χ1n) is 8.99. The second-order valence-corrected chi connectivity index (χ2v) is 7.22.